The summed E-state index contributed by atoms with van der Waals surface area (Å²) in [6.07, 6.45) is 0. The van der Waals surface area contributed by atoms with Crippen molar-refractivity contribution in [1.29, 1.82) is 0 Å². The number of aryl methyl sites for hydroxylation is 1. The van der Waals surface area contributed by atoms with Gasteiger partial charge in [-0.1, -0.05) is 6.82 Å². The molecule has 2 aromatic heterocycles. The minimum absolute atomic E-state index is 0.282. The Morgan fingerprint density at radius 1 is 1.39 bits per heavy atom. The first kappa shape index (κ1) is 11.9. The molecule has 3 heterocycles. The number of aromatic nitrogens is 4. The van der Waals surface area contributed by atoms with Crippen molar-refractivity contribution in [3.63, 3.8) is 0 Å². The number of hydrogen-bond acceptors (Lipinski definition) is 5. The molecule has 1 atom stereocenters. The molecule has 0 saturated heterocycles. The standard InChI is InChI=1S/C11H15BN5S/c1-7-10-14-15-11(9-6-18-8(2)13-9)16(10)4-5-17(7)12-3/h6-7H,4-5H2,1-3H3/t7-/m1/s1. The van der Waals surface area contributed by atoms with E-state index in [1.54, 1.807) is 11.3 Å². The van der Waals surface area contributed by atoms with Crippen LogP contribution in [0.15, 0.2) is 5.38 Å². The summed E-state index contributed by atoms with van der Waals surface area (Å²) in [7, 11) is 2.12. The summed E-state index contributed by atoms with van der Waals surface area (Å²) in [4.78, 5) is 6.79. The van der Waals surface area contributed by atoms with Gasteiger partial charge in [0.05, 0.1) is 11.0 Å². The third kappa shape index (κ3) is 1.78. The maximum Gasteiger partial charge on any atom is 0.206 e. The predicted octanol–water partition coefficient (Wildman–Crippen LogP) is 1.75. The Morgan fingerprint density at radius 3 is 2.89 bits per heavy atom. The number of thiazole rings is 1. The van der Waals surface area contributed by atoms with Crippen LogP contribution in [0.5, 0.6) is 0 Å². The van der Waals surface area contributed by atoms with E-state index in [1.807, 2.05) is 6.92 Å². The molecule has 1 aliphatic heterocycles. The van der Waals surface area contributed by atoms with Crippen LogP contribution in [0, 0.1) is 6.92 Å². The van der Waals surface area contributed by atoms with Crippen LogP contribution in [0.4, 0.5) is 0 Å². The van der Waals surface area contributed by atoms with Gasteiger partial charge in [-0.05, 0) is 13.8 Å². The van der Waals surface area contributed by atoms with Crippen molar-refractivity contribution in [2.24, 2.45) is 0 Å². The number of rotatable bonds is 2. The molecular formula is C11H15BN5S. The van der Waals surface area contributed by atoms with Crippen LogP contribution in [0.25, 0.3) is 11.5 Å². The molecule has 1 aliphatic rings. The smallest absolute Gasteiger partial charge is 0.206 e. The number of hydrogen-bond donors (Lipinski definition) is 0. The topological polar surface area (TPSA) is 46.8 Å². The Morgan fingerprint density at radius 2 is 2.22 bits per heavy atom. The van der Waals surface area contributed by atoms with Gasteiger partial charge in [0.25, 0.3) is 0 Å². The van der Waals surface area contributed by atoms with E-state index in [-0.39, 0.29) is 6.04 Å². The lowest BCUT2D eigenvalue weighted by atomic mass is 9.92. The molecule has 7 heteroatoms. The lowest BCUT2D eigenvalue weighted by Gasteiger charge is -2.32. The summed E-state index contributed by atoms with van der Waals surface area (Å²) in [5.41, 5.74) is 0.942. The molecule has 0 N–H and O–H groups in total. The molecule has 0 saturated carbocycles. The Kier molecular flexibility index (Phi) is 2.95. The van der Waals surface area contributed by atoms with Crippen molar-refractivity contribution >= 4 is 18.8 Å². The lowest BCUT2D eigenvalue weighted by molar-refractivity contribution is 0.284. The molecule has 0 amide bonds. The molecule has 0 unspecified atom stereocenters. The minimum atomic E-state index is 0.282. The zero-order chi connectivity index (χ0) is 12.7. The highest BCUT2D eigenvalue weighted by Crippen LogP contribution is 2.28. The molecule has 0 aliphatic carbocycles. The molecule has 0 aromatic carbocycles. The zero-order valence-electron chi connectivity index (χ0n) is 10.8. The van der Waals surface area contributed by atoms with Gasteiger partial charge in [0.15, 0.2) is 5.82 Å². The monoisotopic (exact) mass is 260 g/mol. The van der Waals surface area contributed by atoms with Crippen molar-refractivity contribution in [2.75, 3.05) is 6.54 Å². The normalized spacial score (nSPS) is 19.8. The average Bonchev–Trinajstić information content (AvgIpc) is 2.96. The summed E-state index contributed by atoms with van der Waals surface area (Å²) in [5.74, 6) is 1.93. The second-order valence-electron chi connectivity index (χ2n) is 4.46. The van der Waals surface area contributed by atoms with E-state index in [9.17, 15) is 0 Å². The fraction of sp³-hybridized carbons (Fsp3) is 0.545. The quantitative estimate of drug-likeness (QED) is 0.772. The highest BCUT2D eigenvalue weighted by Gasteiger charge is 2.27. The van der Waals surface area contributed by atoms with Gasteiger partial charge in [-0.3, -0.25) is 0 Å². The van der Waals surface area contributed by atoms with Gasteiger partial charge < -0.3 is 9.38 Å². The van der Waals surface area contributed by atoms with Gasteiger partial charge >= 0.3 is 0 Å². The van der Waals surface area contributed by atoms with Crippen molar-refractivity contribution in [3.8, 4) is 11.5 Å². The summed E-state index contributed by atoms with van der Waals surface area (Å²) < 4.78 is 2.19. The van der Waals surface area contributed by atoms with Crippen LogP contribution in [0.1, 0.15) is 23.8 Å². The third-order valence-electron chi connectivity index (χ3n) is 3.41. The molecule has 93 valence electrons. The first-order valence-electron chi connectivity index (χ1n) is 6.11. The van der Waals surface area contributed by atoms with E-state index in [1.165, 1.54) is 0 Å². The number of nitrogens with zero attached hydrogens (tertiary/aromatic N) is 5. The molecule has 3 rings (SSSR count). The van der Waals surface area contributed by atoms with E-state index < -0.39 is 0 Å². The van der Waals surface area contributed by atoms with E-state index >= 15 is 0 Å². The van der Waals surface area contributed by atoms with E-state index in [0.717, 1.165) is 35.4 Å². The fourth-order valence-corrected chi connectivity index (χ4v) is 3.00. The molecule has 0 spiro atoms. The summed E-state index contributed by atoms with van der Waals surface area (Å²) >= 11 is 1.65. The Bertz CT molecular complexity index is 564. The SMILES string of the molecule is C[B]N1CCn2c(-c3csc(C)n3)nnc2[C@H]1C. The van der Waals surface area contributed by atoms with Crippen molar-refractivity contribution in [1.82, 2.24) is 24.6 Å². The first-order valence-corrected chi connectivity index (χ1v) is 6.99. The molecule has 5 nitrogen and oxygen atoms in total. The van der Waals surface area contributed by atoms with Crippen LogP contribution in [0.2, 0.25) is 6.82 Å². The van der Waals surface area contributed by atoms with Gasteiger partial charge in [-0.15, -0.1) is 21.5 Å². The van der Waals surface area contributed by atoms with Crippen LogP contribution >= 0.6 is 11.3 Å². The Labute approximate surface area is 111 Å². The maximum absolute atomic E-state index is 4.50. The summed E-state index contributed by atoms with van der Waals surface area (Å²) in [5, 5.41) is 11.8. The molecule has 0 fully saturated rings. The second-order valence-corrected chi connectivity index (χ2v) is 5.52. The third-order valence-corrected chi connectivity index (χ3v) is 4.19. The van der Waals surface area contributed by atoms with Gasteiger partial charge in [0, 0.05) is 18.5 Å². The summed E-state index contributed by atoms with van der Waals surface area (Å²) in [6, 6.07) is 0.282. The highest BCUT2D eigenvalue weighted by molar-refractivity contribution is 7.09. The van der Waals surface area contributed by atoms with Gasteiger partial charge in [0.2, 0.25) is 7.41 Å². The number of fused-ring (bicyclic) bond motifs is 1. The van der Waals surface area contributed by atoms with E-state index in [2.05, 4.69) is 51.1 Å². The van der Waals surface area contributed by atoms with Crippen molar-refractivity contribution in [2.45, 2.75) is 33.3 Å². The molecule has 18 heavy (non-hydrogen) atoms. The lowest BCUT2D eigenvalue weighted by Crippen LogP contribution is -2.38. The van der Waals surface area contributed by atoms with Crippen LogP contribution < -0.4 is 0 Å². The van der Waals surface area contributed by atoms with Gasteiger partial charge in [-0.2, -0.15) is 0 Å². The second kappa shape index (κ2) is 4.48. The molecule has 2 aromatic rings. The minimum Gasteiger partial charge on any atom is -0.337 e. The van der Waals surface area contributed by atoms with Gasteiger partial charge in [-0.25, -0.2) is 4.98 Å². The van der Waals surface area contributed by atoms with E-state index in [4.69, 9.17) is 0 Å². The molecular weight excluding hydrogens is 245 g/mol. The van der Waals surface area contributed by atoms with Crippen LogP contribution in [-0.4, -0.2) is 38.5 Å². The van der Waals surface area contributed by atoms with E-state index in [0.29, 0.717) is 0 Å². The highest BCUT2D eigenvalue weighted by atomic mass is 32.1. The largest absolute Gasteiger partial charge is 0.337 e. The zero-order valence-corrected chi connectivity index (χ0v) is 11.6. The first-order chi connectivity index (χ1) is 8.70. The average molecular weight is 260 g/mol. The fourth-order valence-electron chi connectivity index (χ4n) is 2.41. The maximum atomic E-state index is 4.50. The molecule has 0 bridgehead atoms. The van der Waals surface area contributed by atoms with Crippen LogP contribution in [-0.2, 0) is 6.54 Å². The Hall–Kier alpha value is -1.21. The predicted molar refractivity (Wildman–Crippen MR) is 72.6 cm³/mol. The van der Waals surface area contributed by atoms with Gasteiger partial charge in [0.1, 0.15) is 11.5 Å². The van der Waals surface area contributed by atoms with Crippen molar-refractivity contribution < 1.29 is 0 Å². The summed E-state index contributed by atoms with van der Waals surface area (Å²) in [6.45, 7) is 8.16. The molecule has 1 radical (unpaired) electrons. The van der Waals surface area contributed by atoms with Crippen molar-refractivity contribution in [3.05, 3.63) is 16.2 Å². The Balaban J connectivity index is 2.01. The van der Waals surface area contributed by atoms with Crippen LogP contribution in [0.3, 0.4) is 0 Å².